The summed E-state index contributed by atoms with van der Waals surface area (Å²) in [5, 5.41) is 6.63. The molecular weight excluding hydrogens is 386 g/mol. The van der Waals surface area contributed by atoms with Crippen molar-refractivity contribution in [3.05, 3.63) is 29.3 Å². The first-order chi connectivity index (χ1) is 13.5. The number of ether oxygens (including phenoxy) is 1. The minimum atomic E-state index is -2.98. The fourth-order valence-electron chi connectivity index (χ4n) is 3.62. The van der Waals surface area contributed by atoms with Gasteiger partial charge in [-0.25, -0.2) is 8.42 Å². The minimum absolute atomic E-state index is 0.143. The molecule has 0 saturated heterocycles. The summed E-state index contributed by atoms with van der Waals surface area (Å²) in [7, 11) is -1.25. The van der Waals surface area contributed by atoms with E-state index in [4.69, 9.17) is 4.74 Å². The van der Waals surface area contributed by atoms with Crippen LogP contribution in [-0.2, 0) is 16.4 Å². The Kier molecular flexibility index (Phi) is 7.97. The van der Waals surface area contributed by atoms with Crippen molar-refractivity contribution in [2.75, 3.05) is 25.6 Å². The zero-order chi connectivity index (χ0) is 21.7. The second-order valence-electron chi connectivity index (χ2n) is 9.02. The normalized spacial score (nSPS) is 17.1. The number of sulfone groups is 1. The number of hydrogen-bond acceptors (Lipinski definition) is 4. The Morgan fingerprint density at radius 3 is 2.48 bits per heavy atom. The van der Waals surface area contributed by atoms with Crippen LogP contribution in [0.5, 0.6) is 5.75 Å². The van der Waals surface area contributed by atoms with Gasteiger partial charge in [-0.05, 0) is 50.7 Å². The molecule has 1 atom stereocenters. The van der Waals surface area contributed by atoms with Crippen LogP contribution < -0.4 is 15.4 Å². The Bertz CT molecular complexity index is 815. The van der Waals surface area contributed by atoms with Gasteiger partial charge < -0.3 is 15.4 Å². The largest absolute Gasteiger partial charge is 0.490 e. The third kappa shape index (κ3) is 8.25. The highest BCUT2D eigenvalue weighted by molar-refractivity contribution is 7.90. The third-order valence-corrected chi connectivity index (χ3v) is 6.32. The van der Waals surface area contributed by atoms with Crippen LogP contribution in [0.1, 0.15) is 51.2 Å². The number of hydrogen-bond donors (Lipinski definition) is 2. The van der Waals surface area contributed by atoms with Crippen LogP contribution in [0.15, 0.2) is 23.2 Å². The molecule has 0 bridgehead atoms. The number of nitrogens with zero attached hydrogens (tertiary/aromatic N) is 1. The van der Waals surface area contributed by atoms with Gasteiger partial charge in [0.15, 0.2) is 5.96 Å². The first-order valence-electron chi connectivity index (χ1n) is 10.4. The lowest BCUT2D eigenvalue weighted by Gasteiger charge is -2.21. The Balaban J connectivity index is 1.95. The van der Waals surface area contributed by atoms with E-state index in [0.29, 0.717) is 25.0 Å². The molecule has 0 radical (unpaired) electrons. The Hall–Kier alpha value is -1.76. The van der Waals surface area contributed by atoms with Crippen molar-refractivity contribution in [2.45, 2.75) is 59.6 Å². The quantitative estimate of drug-likeness (QED) is 0.446. The highest BCUT2D eigenvalue weighted by Gasteiger charge is 2.45. The predicted molar refractivity (Wildman–Crippen MR) is 120 cm³/mol. The van der Waals surface area contributed by atoms with Gasteiger partial charge in [0.25, 0.3) is 0 Å². The van der Waals surface area contributed by atoms with Crippen molar-refractivity contribution in [2.24, 2.45) is 16.3 Å². The molecule has 1 unspecified atom stereocenters. The Morgan fingerprint density at radius 1 is 1.24 bits per heavy atom. The summed E-state index contributed by atoms with van der Waals surface area (Å²) >= 11 is 0. The van der Waals surface area contributed by atoms with E-state index in [1.807, 2.05) is 0 Å². The van der Waals surface area contributed by atoms with E-state index in [0.717, 1.165) is 30.6 Å². The van der Waals surface area contributed by atoms with Gasteiger partial charge in [0.05, 0.1) is 11.9 Å². The minimum Gasteiger partial charge on any atom is -0.490 e. The van der Waals surface area contributed by atoms with Crippen molar-refractivity contribution < 1.29 is 13.2 Å². The number of aliphatic imine (C=N–C) groups is 1. The zero-order valence-corrected chi connectivity index (χ0v) is 19.5. The maximum Gasteiger partial charge on any atom is 0.191 e. The molecule has 1 aliphatic rings. The van der Waals surface area contributed by atoms with Gasteiger partial charge in [-0.1, -0.05) is 26.0 Å². The predicted octanol–water partition coefficient (Wildman–Crippen LogP) is 3.30. The summed E-state index contributed by atoms with van der Waals surface area (Å²) < 4.78 is 29.5. The smallest absolute Gasteiger partial charge is 0.191 e. The molecule has 1 fully saturated rings. The summed E-state index contributed by atoms with van der Waals surface area (Å²) in [6, 6.07) is 6.24. The number of benzene rings is 1. The van der Waals surface area contributed by atoms with E-state index in [9.17, 15) is 8.42 Å². The van der Waals surface area contributed by atoms with Crippen LogP contribution in [0.25, 0.3) is 0 Å². The third-order valence-electron chi connectivity index (χ3n) is 5.18. The van der Waals surface area contributed by atoms with Gasteiger partial charge in [-0.15, -0.1) is 0 Å². The fourth-order valence-corrected chi connectivity index (χ4v) is 5.13. The zero-order valence-electron chi connectivity index (χ0n) is 18.7. The molecule has 1 saturated carbocycles. The SMILES string of the molecule is CN=C(NCc1ccc(C)cc1OC(C)CC(C)C)NCC1(CS(C)(=O)=O)CC1. The Labute approximate surface area is 176 Å². The van der Waals surface area contributed by atoms with Crippen molar-refractivity contribution in [3.63, 3.8) is 0 Å². The van der Waals surface area contributed by atoms with Crippen LogP contribution in [0, 0.1) is 18.3 Å². The van der Waals surface area contributed by atoms with E-state index >= 15 is 0 Å². The summed E-state index contributed by atoms with van der Waals surface area (Å²) in [5.74, 6) is 2.39. The second-order valence-corrected chi connectivity index (χ2v) is 11.2. The van der Waals surface area contributed by atoms with Gasteiger partial charge in [0.1, 0.15) is 15.6 Å². The molecule has 1 aromatic carbocycles. The first-order valence-corrected chi connectivity index (χ1v) is 12.5. The van der Waals surface area contributed by atoms with Gasteiger partial charge in [0, 0.05) is 37.4 Å². The highest BCUT2D eigenvalue weighted by atomic mass is 32.2. The number of nitrogens with one attached hydrogen (secondary N) is 2. The van der Waals surface area contributed by atoms with Gasteiger partial charge in [-0.3, -0.25) is 4.99 Å². The molecular formula is C22H37N3O3S. The van der Waals surface area contributed by atoms with Gasteiger partial charge in [-0.2, -0.15) is 0 Å². The highest BCUT2D eigenvalue weighted by Crippen LogP contribution is 2.46. The molecule has 0 amide bonds. The number of aryl methyl sites for hydroxylation is 1. The average molecular weight is 424 g/mol. The lowest BCUT2D eigenvalue weighted by molar-refractivity contribution is 0.191. The van der Waals surface area contributed by atoms with Crippen LogP contribution in [0.3, 0.4) is 0 Å². The number of guanidine groups is 1. The molecule has 2 rings (SSSR count). The molecule has 0 aliphatic heterocycles. The van der Waals surface area contributed by atoms with E-state index in [-0.39, 0.29) is 17.3 Å². The van der Waals surface area contributed by atoms with E-state index in [1.165, 1.54) is 11.8 Å². The molecule has 2 N–H and O–H groups in total. The van der Waals surface area contributed by atoms with Crippen LogP contribution in [-0.4, -0.2) is 46.1 Å². The topological polar surface area (TPSA) is 79.8 Å². The van der Waals surface area contributed by atoms with E-state index < -0.39 is 9.84 Å². The maximum absolute atomic E-state index is 11.6. The van der Waals surface area contributed by atoms with Crippen molar-refractivity contribution in [3.8, 4) is 5.75 Å². The molecule has 0 aromatic heterocycles. The summed E-state index contributed by atoms with van der Waals surface area (Å²) in [5.41, 5.74) is 2.10. The number of rotatable bonds is 10. The Morgan fingerprint density at radius 2 is 1.93 bits per heavy atom. The molecule has 164 valence electrons. The van der Waals surface area contributed by atoms with Crippen LogP contribution in [0.2, 0.25) is 0 Å². The lowest BCUT2D eigenvalue weighted by atomic mass is 10.1. The molecule has 29 heavy (non-hydrogen) atoms. The van der Waals surface area contributed by atoms with E-state index in [2.05, 4.69) is 61.5 Å². The molecule has 6 nitrogen and oxygen atoms in total. The second kappa shape index (κ2) is 9.83. The maximum atomic E-state index is 11.6. The molecule has 0 spiro atoms. The average Bonchev–Trinajstić information content (AvgIpc) is 3.33. The van der Waals surface area contributed by atoms with Crippen molar-refractivity contribution in [1.82, 2.24) is 10.6 Å². The van der Waals surface area contributed by atoms with E-state index in [1.54, 1.807) is 7.05 Å². The molecule has 0 heterocycles. The molecule has 7 heteroatoms. The lowest BCUT2D eigenvalue weighted by Crippen LogP contribution is -2.41. The summed E-state index contributed by atoms with van der Waals surface area (Å²) in [6.45, 7) is 9.77. The van der Waals surface area contributed by atoms with Crippen LogP contribution in [0.4, 0.5) is 0 Å². The van der Waals surface area contributed by atoms with Gasteiger partial charge in [0.2, 0.25) is 0 Å². The summed E-state index contributed by atoms with van der Waals surface area (Å²) in [4.78, 5) is 4.28. The van der Waals surface area contributed by atoms with Crippen LogP contribution >= 0.6 is 0 Å². The molecule has 1 aliphatic carbocycles. The van der Waals surface area contributed by atoms with Crippen molar-refractivity contribution >= 4 is 15.8 Å². The standard InChI is InChI=1S/C22H37N3O3S/c1-16(2)11-18(4)28-20-12-17(3)7-8-19(20)13-24-21(23-5)25-14-22(9-10-22)15-29(6,26)27/h7-8,12,16,18H,9-11,13-15H2,1-6H3,(H2,23,24,25). The summed E-state index contributed by atoms with van der Waals surface area (Å²) in [6.07, 6.45) is 4.34. The van der Waals surface area contributed by atoms with Crippen molar-refractivity contribution in [1.29, 1.82) is 0 Å². The monoisotopic (exact) mass is 423 g/mol. The van der Waals surface area contributed by atoms with Gasteiger partial charge >= 0.3 is 0 Å². The molecule has 1 aromatic rings. The fraction of sp³-hybridized carbons (Fsp3) is 0.682. The first kappa shape index (κ1) is 23.5.